The van der Waals surface area contributed by atoms with Gasteiger partial charge >= 0.3 is 0 Å². The van der Waals surface area contributed by atoms with Crippen molar-refractivity contribution in [3.8, 4) is 0 Å². The van der Waals surface area contributed by atoms with Crippen LogP contribution < -0.4 is 5.32 Å². The van der Waals surface area contributed by atoms with Gasteiger partial charge in [-0.3, -0.25) is 0 Å². The molecule has 1 rings (SSSR count). The predicted octanol–water partition coefficient (Wildman–Crippen LogP) is 2.29. The van der Waals surface area contributed by atoms with Crippen LogP contribution in [0.5, 0.6) is 0 Å². The van der Waals surface area contributed by atoms with E-state index in [4.69, 9.17) is 16.3 Å². The molecular formula is C11H15ClFNO2. The van der Waals surface area contributed by atoms with Crippen LogP contribution in [0.1, 0.15) is 6.92 Å². The van der Waals surface area contributed by atoms with Gasteiger partial charge in [0, 0.05) is 13.2 Å². The van der Waals surface area contributed by atoms with Gasteiger partial charge in [-0.1, -0.05) is 17.7 Å². The Hall–Kier alpha value is -0.840. The van der Waals surface area contributed by atoms with Crippen LogP contribution in [0.2, 0.25) is 5.02 Å². The molecule has 2 N–H and O–H groups in total. The van der Waals surface area contributed by atoms with Crippen molar-refractivity contribution >= 4 is 17.3 Å². The molecule has 0 radical (unpaired) electrons. The van der Waals surface area contributed by atoms with E-state index in [1.165, 1.54) is 12.1 Å². The lowest BCUT2D eigenvalue weighted by Crippen LogP contribution is -2.25. The predicted molar refractivity (Wildman–Crippen MR) is 62.4 cm³/mol. The summed E-state index contributed by atoms with van der Waals surface area (Å²) in [5, 5.41) is 12.5. The maximum atomic E-state index is 13.3. The summed E-state index contributed by atoms with van der Waals surface area (Å²) in [6.07, 6.45) is -0.685. The molecular weight excluding hydrogens is 233 g/mol. The number of rotatable bonds is 6. The summed E-state index contributed by atoms with van der Waals surface area (Å²) in [6, 6.07) is 4.42. The molecule has 0 aliphatic rings. The number of benzene rings is 1. The molecule has 0 saturated heterocycles. The molecule has 0 amide bonds. The molecule has 1 aromatic rings. The molecule has 0 aliphatic heterocycles. The summed E-state index contributed by atoms with van der Waals surface area (Å²) in [5.41, 5.74) is 0.208. The Kier molecular flexibility index (Phi) is 5.52. The Bertz CT molecular complexity index is 316. The molecule has 0 bridgehead atoms. The Morgan fingerprint density at radius 3 is 2.94 bits per heavy atom. The van der Waals surface area contributed by atoms with Gasteiger partial charge in [0.05, 0.1) is 23.4 Å². The Balaban J connectivity index is 2.48. The SMILES string of the molecule is CCOCC(O)CNc1c(F)cccc1Cl. The van der Waals surface area contributed by atoms with Crippen LogP contribution in [0.15, 0.2) is 18.2 Å². The van der Waals surface area contributed by atoms with Crippen LogP contribution >= 0.6 is 11.6 Å². The first kappa shape index (κ1) is 13.2. The summed E-state index contributed by atoms with van der Waals surface area (Å²) >= 11 is 5.80. The van der Waals surface area contributed by atoms with Crippen molar-refractivity contribution in [1.29, 1.82) is 0 Å². The number of nitrogens with one attached hydrogen (secondary N) is 1. The number of aliphatic hydroxyl groups excluding tert-OH is 1. The van der Waals surface area contributed by atoms with E-state index < -0.39 is 11.9 Å². The van der Waals surface area contributed by atoms with Crippen molar-refractivity contribution in [2.75, 3.05) is 25.1 Å². The fourth-order valence-corrected chi connectivity index (χ4v) is 1.43. The monoisotopic (exact) mass is 247 g/mol. The molecule has 5 heteroatoms. The Labute approximate surface area is 99.2 Å². The topological polar surface area (TPSA) is 41.5 Å². The first-order chi connectivity index (χ1) is 7.65. The van der Waals surface area contributed by atoms with E-state index >= 15 is 0 Å². The Morgan fingerprint density at radius 2 is 2.31 bits per heavy atom. The second-order valence-electron chi connectivity index (χ2n) is 3.29. The molecule has 3 nitrogen and oxygen atoms in total. The smallest absolute Gasteiger partial charge is 0.147 e. The molecule has 1 atom stereocenters. The largest absolute Gasteiger partial charge is 0.389 e. The number of para-hydroxylation sites is 1. The van der Waals surface area contributed by atoms with Gasteiger partial charge in [-0.15, -0.1) is 0 Å². The van der Waals surface area contributed by atoms with E-state index in [1.807, 2.05) is 6.92 Å². The van der Waals surface area contributed by atoms with Gasteiger partial charge in [-0.2, -0.15) is 0 Å². The lowest BCUT2D eigenvalue weighted by molar-refractivity contribution is 0.0495. The summed E-state index contributed by atoms with van der Waals surface area (Å²) in [4.78, 5) is 0. The Morgan fingerprint density at radius 1 is 1.56 bits per heavy atom. The van der Waals surface area contributed by atoms with E-state index in [2.05, 4.69) is 5.32 Å². The third-order valence-electron chi connectivity index (χ3n) is 1.99. The minimum atomic E-state index is -0.685. The third-order valence-corrected chi connectivity index (χ3v) is 2.31. The number of hydrogen-bond acceptors (Lipinski definition) is 3. The highest BCUT2D eigenvalue weighted by atomic mass is 35.5. The fraction of sp³-hybridized carbons (Fsp3) is 0.455. The maximum Gasteiger partial charge on any atom is 0.147 e. The van der Waals surface area contributed by atoms with Crippen LogP contribution in [-0.2, 0) is 4.74 Å². The van der Waals surface area contributed by atoms with Crippen LogP contribution in [-0.4, -0.2) is 31.0 Å². The zero-order valence-corrected chi connectivity index (χ0v) is 9.80. The van der Waals surface area contributed by atoms with Gasteiger partial charge in [-0.05, 0) is 19.1 Å². The van der Waals surface area contributed by atoms with E-state index in [0.29, 0.717) is 11.6 Å². The minimum Gasteiger partial charge on any atom is -0.389 e. The average molecular weight is 248 g/mol. The molecule has 0 saturated carbocycles. The lowest BCUT2D eigenvalue weighted by atomic mass is 10.3. The van der Waals surface area contributed by atoms with Crippen LogP contribution in [0.4, 0.5) is 10.1 Å². The summed E-state index contributed by atoms with van der Waals surface area (Å²) in [6.45, 7) is 2.79. The van der Waals surface area contributed by atoms with Crippen molar-refractivity contribution < 1.29 is 14.2 Å². The quantitative estimate of drug-likeness (QED) is 0.811. The fourth-order valence-electron chi connectivity index (χ4n) is 1.20. The number of aliphatic hydroxyl groups is 1. The summed E-state index contributed by atoms with van der Waals surface area (Å²) < 4.78 is 18.3. The summed E-state index contributed by atoms with van der Waals surface area (Å²) in [5.74, 6) is -0.434. The third kappa shape index (κ3) is 3.96. The maximum absolute atomic E-state index is 13.3. The van der Waals surface area contributed by atoms with Gasteiger partial charge in [0.25, 0.3) is 0 Å². The minimum absolute atomic E-state index is 0.195. The highest BCUT2D eigenvalue weighted by molar-refractivity contribution is 6.33. The first-order valence-corrected chi connectivity index (χ1v) is 5.46. The number of halogens is 2. The van der Waals surface area contributed by atoms with E-state index in [9.17, 15) is 9.50 Å². The lowest BCUT2D eigenvalue weighted by Gasteiger charge is -2.13. The van der Waals surface area contributed by atoms with Crippen molar-refractivity contribution in [1.82, 2.24) is 0 Å². The van der Waals surface area contributed by atoms with Gasteiger partial charge < -0.3 is 15.2 Å². The second kappa shape index (κ2) is 6.68. The highest BCUT2D eigenvalue weighted by Gasteiger charge is 2.09. The van der Waals surface area contributed by atoms with Crippen molar-refractivity contribution in [2.24, 2.45) is 0 Å². The number of anilines is 1. The molecule has 16 heavy (non-hydrogen) atoms. The zero-order valence-electron chi connectivity index (χ0n) is 9.04. The normalized spacial score (nSPS) is 12.5. The highest BCUT2D eigenvalue weighted by Crippen LogP contribution is 2.24. The van der Waals surface area contributed by atoms with Gasteiger partial charge in [0.1, 0.15) is 5.82 Å². The van der Waals surface area contributed by atoms with Gasteiger partial charge in [-0.25, -0.2) is 4.39 Å². The standard InChI is InChI=1S/C11H15ClFNO2/c1-2-16-7-8(15)6-14-11-9(12)4-3-5-10(11)13/h3-5,8,14-15H,2,6-7H2,1H3. The molecule has 0 fully saturated rings. The first-order valence-electron chi connectivity index (χ1n) is 5.08. The zero-order chi connectivity index (χ0) is 12.0. The molecule has 1 unspecified atom stereocenters. The molecule has 90 valence electrons. The van der Waals surface area contributed by atoms with Gasteiger partial charge in [0.2, 0.25) is 0 Å². The van der Waals surface area contributed by atoms with E-state index in [1.54, 1.807) is 6.07 Å². The number of ether oxygens (including phenoxy) is 1. The molecule has 0 aliphatic carbocycles. The van der Waals surface area contributed by atoms with Crippen molar-refractivity contribution in [3.63, 3.8) is 0 Å². The average Bonchev–Trinajstić information content (AvgIpc) is 2.25. The van der Waals surface area contributed by atoms with Crippen molar-refractivity contribution in [3.05, 3.63) is 29.0 Å². The molecule has 0 spiro atoms. The molecule has 1 aromatic carbocycles. The summed E-state index contributed by atoms with van der Waals surface area (Å²) in [7, 11) is 0. The van der Waals surface area contributed by atoms with Crippen LogP contribution in [0, 0.1) is 5.82 Å². The van der Waals surface area contributed by atoms with Crippen LogP contribution in [0.25, 0.3) is 0 Å². The second-order valence-corrected chi connectivity index (χ2v) is 3.70. The van der Waals surface area contributed by atoms with E-state index in [0.717, 1.165) is 0 Å². The van der Waals surface area contributed by atoms with E-state index in [-0.39, 0.29) is 18.8 Å². The van der Waals surface area contributed by atoms with Crippen LogP contribution in [0.3, 0.4) is 0 Å². The van der Waals surface area contributed by atoms with Gasteiger partial charge in [0.15, 0.2) is 0 Å². The molecule has 0 heterocycles. The number of hydrogen-bond donors (Lipinski definition) is 2. The molecule has 0 aromatic heterocycles. The van der Waals surface area contributed by atoms with Crippen molar-refractivity contribution in [2.45, 2.75) is 13.0 Å².